The fourth-order valence-corrected chi connectivity index (χ4v) is 4.07. The number of rotatable bonds is 2. The van der Waals surface area contributed by atoms with Crippen LogP contribution in [0.3, 0.4) is 0 Å². The zero-order chi connectivity index (χ0) is 20.9. The van der Waals surface area contributed by atoms with Crippen molar-refractivity contribution in [1.82, 2.24) is 10.3 Å². The molecule has 1 aromatic carbocycles. The third-order valence-corrected chi connectivity index (χ3v) is 5.80. The van der Waals surface area contributed by atoms with Crippen LogP contribution in [0.5, 0.6) is 5.75 Å². The first-order valence-electron chi connectivity index (χ1n) is 9.34. The van der Waals surface area contributed by atoms with Gasteiger partial charge in [0.2, 0.25) is 0 Å². The summed E-state index contributed by atoms with van der Waals surface area (Å²) in [7, 11) is 0. The van der Waals surface area contributed by atoms with Crippen molar-refractivity contribution in [2.24, 2.45) is 10.4 Å². The van der Waals surface area contributed by atoms with E-state index in [-0.39, 0.29) is 23.7 Å². The van der Waals surface area contributed by atoms with Crippen molar-refractivity contribution in [3.8, 4) is 5.75 Å². The van der Waals surface area contributed by atoms with Gasteiger partial charge in [0.1, 0.15) is 29.4 Å². The average Bonchev–Trinajstić information content (AvgIpc) is 3.39. The van der Waals surface area contributed by atoms with Crippen molar-refractivity contribution < 1.29 is 28.6 Å². The van der Waals surface area contributed by atoms with Crippen molar-refractivity contribution in [2.45, 2.75) is 18.4 Å². The largest absolute Gasteiger partial charge is 0.493 e. The van der Waals surface area contributed by atoms with Gasteiger partial charge in [0.05, 0.1) is 12.8 Å². The number of carbonyl (C=O) groups is 2. The van der Waals surface area contributed by atoms with Gasteiger partial charge in [-0.2, -0.15) is 0 Å². The number of carboxylic acid groups (broad SMARTS) is 1. The molecule has 10 heteroatoms. The number of anilines is 1. The topological polar surface area (TPSA) is 122 Å². The average molecular weight is 412 g/mol. The van der Waals surface area contributed by atoms with Crippen LogP contribution < -0.4 is 15.4 Å². The van der Waals surface area contributed by atoms with E-state index in [0.29, 0.717) is 18.0 Å². The first kappa shape index (κ1) is 18.3. The number of pyridine rings is 1. The molecule has 0 radical (unpaired) electrons. The maximum Gasteiger partial charge on any atom is 0.412 e. The highest BCUT2D eigenvalue weighted by Crippen LogP contribution is 2.65. The Balaban J connectivity index is 1.49. The van der Waals surface area contributed by atoms with E-state index in [2.05, 4.69) is 20.6 Å². The molecule has 2 aromatic rings. The zero-order valence-electron chi connectivity index (χ0n) is 15.6. The first-order valence-corrected chi connectivity index (χ1v) is 9.34. The minimum absolute atomic E-state index is 0.0495. The summed E-state index contributed by atoms with van der Waals surface area (Å²) in [6.07, 6.45) is 1.46. The van der Waals surface area contributed by atoms with E-state index < -0.39 is 23.4 Å². The normalized spacial score (nSPS) is 22.5. The standard InChI is InChI=1S/C20H17FN4O5/c21-11-1-3-14(22-8-11)16(26)23-12-2-4-15-13(7-12)20(19(5-6-19)9-29-15)10-30-17(25-20)24-18(27)28/h1-4,7-8H,5-6,9-10H2,(H,23,26)(H,24,25)(H,27,28). The lowest BCUT2D eigenvalue weighted by Gasteiger charge is -2.39. The van der Waals surface area contributed by atoms with Gasteiger partial charge in [-0.15, -0.1) is 0 Å². The summed E-state index contributed by atoms with van der Waals surface area (Å²) >= 11 is 0. The van der Waals surface area contributed by atoms with Crippen LogP contribution in [0, 0.1) is 11.2 Å². The number of hydrogen-bond acceptors (Lipinski definition) is 6. The van der Waals surface area contributed by atoms with Gasteiger partial charge < -0.3 is 19.9 Å². The summed E-state index contributed by atoms with van der Waals surface area (Å²) in [5.74, 6) is -0.408. The number of carbonyl (C=O) groups excluding carboxylic acids is 1. The lowest BCUT2D eigenvalue weighted by Crippen LogP contribution is -2.44. The Morgan fingerprint density at radius 3 is 2.63 bits per heavy atom. The number of aliphatic imine (C=N–C) groups is 1. The molecule has 1 atom stereocenters. The molecule has 3 heterocycles. The molecule has 3 aliphatic rings. The number of amidine groups is 1. The molecule has 2 spiro atoms. The van der Waals surface area contributed by atoms with Gasteiger partial charge in [-0.3, -0.25) is 4.79 Å². The van der Waals surface area contributed by atoms with E-state index in [4.69, 9.17) is 14.6 Å². The maximum absolute atomic E-state index is 13.1. The van der Waals surface area contributed by atoms with Crippen molar-refractivity contribution in [3.63, 3.8) is 0 Å². The highest BCUT2D eigenvalue weighted by molar-refractivity contribution is 6.03. The summed E-state index contributed by atoms with van der Waals surface area (Å²) < 4.78 is 24.5. The van der Waals surface area contributed by atoms with Crippen LogP contribution in [0.25, 0.3) is 0 Å². The molecule has 5 rings (SSSR count). The predicted octanol–water partition coefficient (Wildman–Crippen LogP) is 2.49. The van der Waals surface area contributed by atoms with Crippen molar-refractivity contribution >= 4 is 23.7 Å². The molecular formula is C20H17FN4O5. The molecule has 154 valence electrons. The fourth-order valence-electron chi connectivity index (χ4n) is 4.07. The molecule has 1 aromatic heterocycles. The summed E-state index contributed by atoms with van der Waals surface area (Å²) in [4.78, 5) is 31.9. The minimum atomic E-state index is -1.25. The molecule has 1 aliphatic carbocycles. The van der Waals surface area contributed by atoms with Gasteiger partial charge in [0, 0.05) is 16.7 Å². The van der Waals surface area contributed by atoms with Crippen LogP contribution in [0.4, 0.5) is 14.9 Å². The van der Waals surface area contributed by atoms with Crippen LogP contribution in [-0.4, -0.2) is 41.3 Å². The highest BCUT2D eigenvalue weighted by Gasteiger charge is 2.66. The number of benzene rings is 1. The summed E-state index contributed by atoms with van der Waals surface area (Å²) in [6.45, 7) is 0.633. The first-order chi connectivity index (χ1) is 14.4. The monoisotopic (exact) mass is 412 g/mol. The maximum atomic E-state index is 13.1. The molecule has 2 amide bonds. The molecule has 2 aliphatic heterocycles. The van der Waals surface area contributed by atoms with Crippen LogP contribution in [-0.2, 0) is 10.3 Å². The van der Waals surface area contributed by atoms with Crippen molar-refractivity contribution in [1.29, 1.82) is 0 Å². The number of ether oxygens (including phenoxy) is 2. The van der Waals surface area contributed by atoms with Crippen molar-refractivity contribution in [2.75, 3.05) is 18.5 Å². The molecule has 1 saturated carbocycles. The Morgan fingerprint density at radius 2 is 1.93 bits per heavy atom. The third kappa shape index (κ3) is 2.83. The van der Waals surface area contributed by atoms with E-state index in [1.54, 1.807) is 18.2 Å². The van der Waals surface area contributed by atoms with E-state index in [1.807, 2.05) is 0 Å². The zero-order valence-corrected chi connectivity index (χ0v) is 15.6. The Kier molecular flexibility index (Phi) is 3.92. The summed E-state index contributed by atoms with van der Waals surface area (Å²) in [6, 6.07) is 7.59. The Bertz CT molecular complexity index is 1080. The van der Waals surface area contributed by atoms with Crippen LogP contribution in [0.1, 0.15) is 28.9 Å². The van der Waals surface area contributed by atoms with Gasteiger partial charge in [0.15, 0.2) is 0 Å². The van der Waals surface area contributed by atoms with Gasteiger partial charge in [-0.25, -0.2) is 24.5 Å². The molecule has 9 nitrogen and oxygen atoms in total. The number of nitrogens with one attached hydrogen (secondary N) is 2. The second-order valence-electron chi connectivity index (χ2n) is 7.59. The Labute approximate surface area is 169 Å². The molecule has 3 N–H and O–H groups in total. The van der Waals surface area contributed by atoms with E-state index in [1.165, 1.54) is 6.07 Å². The number of aromatic nitrogens is 1. The van der Waals surface area contributed by atoms with E-state index in [9.17, 15) is 14.0 Å². The van der Waals surface area contributed by atoms with Gasteiger partial charge in [-0.05, 0) is 43.2 Å². The smallest absolute Gasteiger partial charge is 0.412 e. The molecule has 30 heavy (non-hydrogen) atoms. The van der Waals surface area contributed by atoms with Gasteiger partial charge in [0.25, 0.3) is 11.9 Å². The summed E-state index contributed by atoms with van der Waals surface area (Å²) in [5.41, 5.74) is 0.212. The lowest BCUT2D eigenvalue weighted by atomic mass is 9.74. The van der Waals surface area contributed by atoms with Gasteiger partial charge in [-0.1, -0.05) is 0 Å². The minimum Gasteiger partial charge on any atom is -0.493 e. The van der Waals surface area contributed by atoms with Crippen LogP contribution in [0.15, 0.2) is 41.5 Å². The predicted molar refractivity (Wildman–Crippen MR) is 102 cm³/mol. The second-order valence-corrected chi connectivity index (χ2v) is 7.59. The van der Waals surface area contributed by atoms with E-state index in [0.717, 1.165) is 30.7 Å². The Hall–Kier alpha value is -3.69. The molecule has 0 saturated heterocycles. The third-order valence-electron chi connectivity index (χ3n) is 5.80. The van der Waals surface area contributed by atoms with Crippen molar-refractivity contribution in [3.05, 3.63) is 53.6 Å². The number of amides is 2. The lowest BCUT2D eigenvalue weighted by molar-refractivity contribution is 0.0867. The van der Waals surface area contributed by atoms with Crippen LogP contribution >= 0.6 is 0 Å². The van der Waals surface area contributed by atoms with Gasteiger partial charge >= 0.3 is 6.09 Å². The molecule has 1 fully saturated rings. The Morgan fingerprint density at radius 1 is 1.10 bits per heavy atom. The van der Waals surface area contributed by atoms with Crippen LogP contribution in [0.2, 0.25) is 0 Å². The quantitative estimate of drug-likeness (QED) is 0.697. The molecular weight excluding hydrogens is 395 g/mol. The second kappa shape index (κ2) is 6.41. The number of nitrogens with zero attached hydrogens (tertiary/aromatic N) is 2. The summed E-state index contributed by atoms with van der Waals surface area (Å²) in [5, 5.41) is 13.9. The number of hydrogen-bond donors (Lipinski definition) is 3. The fraction of sp³-hybridized carbons (Fsp3) is 0.300. The molecule has 1 unspecified atom stereocenters. The highest BCUT2D eigenvalue weighted by atomic mass is 19.1. The van der Waals surface area contributed by atoms with E-state index >= 15 is 0 Å². The number of fused-ring (bicyclic) bond motifs is 3. The molecule has 0 bridgehead atoms. The number of halogens is 1. The SMILES string of the molecule is O=C(O)NC1=NC2(CO1)c1cc(NC(=O)c3ccc(F)cn3)ccc1OCC21CC1.